The zero-order valence-electron chi connectivity index (χ0n) is 13.9. The number of hydrogen-bond acceptors (Lipinski definition) is 3. The second kappa shape index (κ2) is 7.79. The first-order valence-electron chi connectivity index (χ1n) is 8.78. The molecule has 1 aromatic rings. The average Bonchev–Trinajstić information content (AvgIpc) is 2.54. The fraction of sp³-hybridized carbons (Fsp3) is 0.579. The quantitative estimate of drug-likeness (QED) is 0.870. The van der Waals surface area contributed by atoms with Crippen LogP contribution in [0.1, 0.15) is 31.2 Å². The number of benzene rings is 1. The van der Waals surface area contributed by atoms with Crippen molar-refractivity contribution in [2.24, 2.45) is 17.8 Å². The molecule has 130 valence electrons. The summed E-state index contributed by atoms with van der Waals surface area (Å²) in [6.07, 6.45) is 3.23. The number of carboxylic acid groups (broad SMARTS) is 1. The zero-order chi connectivity index (χ0) is 16.9. The Balaban J connectivity index is 1.70. The highest BCUT2D eigenvalue weighted by Crippen LogP contribution is 2.36. The van der Waals surface area contributed by atoms with E-state index in [1.165, 1.54) is 0 Å². The molecule has 3 rings (SSSR count). The van der Waals surface area contributed by atoms with E-state index >= 15 is 0 Å². The largest absolute Gasteiger partial charge is 0.481 e. The fourth-order valence-corrected chi connectivity index (χ4v) is 3.60. The van der Waals surface area contributed by atoms with Crippen molar-refractivity contribution in [1.82, 2.24) is 4.90 Å². The third kappa shape index (κ3) is 3.96. The van der Waals surface area contributed by atoms with E-state index in [1.54, 1.807) is 0 Å². The van der Waals surface area contributed by atoms with Crippen LogP contribution in [-0.2, 0) is 20.9 Å². The lowest BCUT2D eigenvalue weighted by Crippen LogP contribution is -2.47. The molecule has 1 aliphatic carbocycles. The number of carbonyl (C=O) groups excluding carboxylic acids is 1. The summed E-state index contributed by atoms with van der Waals surface area (Å²) >= 11 is 0. The Morgan fingerprint density at radius 2 is 1.71 bits per heavy atom. The van der Waals surface area contributed by atoms with Gasteiger partial charge >= 0.3 is 5.97 Å². The molecule has 1 amide bonds. The summed E-state index contributed by atoms with van der Waals surface area (Å²) < 4.78 is 5.41. The number of amides is 1. The highest BCUT2D eigenvalue weighted by atomic mass is 16.5. The van der Waals surface area contributed by atoms with Crippen molar-refractivity contribution in [3.8, 4) is 0 Å². The molecule has 1 N–H and O–H groups in total. The standard InChI is InChI=1S/C19H25NO4/c21-18(16-6-7-17(16)19(22)23)20(12-14-4-2-1-3-5-14)13-15-8-10-24-11-9-15/h1-5,15-17H,6-13H2,(H,22,23). The van der Waals surface area contributed by atoms with Crippen molar-refractivity contribution >= 4 is 11.9 Å². The van der Waals surface area contributed by atoms with Crippen LogP contribution >= 0.6 is 0 Å². The van der Waals surface area contributed by atoms with Crippen LogP contribution in [0.15, 0.2) is 30.3 Å². The van der Waals surface area contributed by atoms with Gasteiger partial charge in [0.05, 0.1) is 11.8 Å². The van der Waals surface area contributed by atoms with E-state index in [0.29, 0.717) is 31.8 Å². The van der Waals surface area contributed by atoms with Crippen molar-refractivity contribution < 1.29 is 19.4 Å². The Kier molecular flexibility index (Phi) is 5.51. The first kappa shape index (κ1) is 17.0. The van der Waals surface area contributed by atoms with Crippen LogP contribution in [-0.4, -0.2) is 41.6 Å². The monoisotopic (exact) mass is 331 g/mol. The Labute approximate surface area is 142 Å². The summed E-state index contributed by atoms with van der Waals surface area (Å²) in [6, 6.07) is 9.92. The SMILES string of the molecule is O=C(O)C1CCC1C(=O)N(Cc1ccccc1)CC1CCOCC1. The van der Waals surface area contributed by atoms with Crippen molar-refractivity contribution in [1.29, 1.82) is 0 Å². The van der Waals surface area contributed by atoms with Gasteiger partial charge in [-0.25, -0.2) is 0 Å². The van der Waals surface area contributed by atoms with Gasteiger partial charge in [0.2, 0.25) is 5.91 Å². The number of hydrogen-bond donors (Lipinski definition) is 1. The Morgan fingerprint density at radius 1 is 1.04 bits per heavy atom. The minimum atomic E-state index is -0.842. The van der Waals surface area contributed by atoms with E-state index in [0.717, 1.165) is 31.6 Å². The molecule has 1 saturated carbocycles. The normalized spacial score (nSPS) is 24.2. The summed E-state index contributed by atoms with van der Waals surface area (Å²) in [5.74, 6) is -1.26. The second-order valence-electron chi connectivity index (χ2n) is 6.89. The van der Waals surface area contributed by atoms with Gasteiger partial charge in [0, 0.05) is 26.3 Å². The van der Waals surface area contributed by atoms with E-state index in [4.69, 9.17) is 4.74 Å². The Morgan fingerprint density at radius 3 is 2.29 bits per heavy atom. The molecule has 0 aromatic heterocycles. The first-order valence-corrected chi connectivity index (χ1v) is 8.78. The molecule has 24 heavy (non-hydrogen) atoms. The van der Waals surface area contributed by atoms with Gasteiger partial charge in [-0.3, -0.25) is 9.59 Å². The maximum atomic E-state index is 12.9. The molecule has 1 aliphatic heterocycles. The van der Waals surface area contributed by atoms with Gasteiger partial charge in [-0.1, -0.05) is 30.3 Å². The lowest BCUT2D eigenvalue weighted by atomic mass is 9.72. The molecule has 0 spiro atoms. The first-order chi connectivity index (χ1) is 11.6. The highest BCUT2D eigenvalue weighted by molar-refractivity contribution is 5.86. The van der Waals surface area contributed by atoms with Crippen LogP contribution in [0, 0.1) is 17.8 Å². The van der Waals surface area contributed by atoms with Crippen molar-refractivity contribution in [3.63, 3.8) is 0 Å². The van der Waals surface area contributed by atoms with Crippen molar-refractivity contribution in [2.45, 2.75) is 32.2 Å². The van der Waals surface area contributed by atoms with Crippen LogP contribution < -0.4 is 0 Å². The van der Waals surface area contributed by atoms with Gasteiger partial charge in [0.1, 0.15) is 0 Å². The molecule has 5 nitrogen and oxygen atoms in total. The molecule has 1 saturated heterocycles. The molecule has 5 heteroatoms. The van der Waals surface area contributed by atoms with Gasteiger partial charge in [0.25, 0.3) is 0 Å². The van der Waals surface area contributed by atoms with Crippen LogP contribution in [0.2, 0.25) is 0 Å². The molecular formula is C19H25NO4. The molecule has 0 radical (unpaired) electrons. The number of ether oxygens (including phenoxy) is 1. The fourth-order valence-electron chi connectivity index (χ4n) is 3.60. The summed E-state index contributed by atoms with van der Waals surface area (Å²) in [5.41, 5.74) is 1.09. The predicted molar refractivity (Wildman–Crippen MR) is 89.3 cm³/mol. The van der Waals surface area contributed by atoms with Gasteiger partial charge in [-0.2, -0.15) is 0 Å². The topological polar surface area (TPSA) is 66.8 Å². The lowest BCUT2D eigenvalue weighted by molar-refractivity contribution is -0.157. The number of carboxylic acids is 1. The van der Waals surface area contributed by atoms with Gasteiger partial charge < -0.3 is 14.7 Å². The molecular weight excluding hydrogens is 306 g/mol. The predicted octanol–water partition coefficient (Wildman–Crippen LogP) is 2.55. The van der Waals surface area contributed by atoms with Crippen molar-refractivity contribution in [3.05, 3.63) is 35.9 Å². The number of aliphatic carboxylic acids is 1. The minimum Gasteiger partial charge on any atom is -0.481 e. The summed E-state index contributed by atoms with van der Waals surface area (Å²) in [4.78, 5) is 26.1. The molecule has 2 fully saturated rings. The van der Waals surface area contributed by atoms with Crippen LogP contribution in [0.4, 0.5) is 0 Å². The van der Waals surface area contributed by atoms with E-state index in [9.17, 15) is 14.7 Å². The summed E-state index contributed by atoms with van der Waals surface area (Å²) in [6.45, 7) is 2.75. The highest BCUT2D eigenvalue weighted by Gasteiger charge is 2.43. The molecule has 2 atom stereocenters. The molecule has 1 aromatic carbocycles. The molecule has 2 aliphatic rings. The number of nitrogens with zero attached hydrogens (tertiary/aromatic N) is 1. The summed E-state index contributed by atoms with van der Waals surface area (Å²) in [7, 11) is 0. The van der Waals surface area contributed by atoms with E-state index in [-0.39, 0.29) is 11.8 Å². The van der Waals surface area contributed by atoms with Crippen LogP contribution in [0.3, 0.4) is 0 Å². The molecule has 0 bridgehead atoms. The van der Waals surface area contributed by atoms with Gasteiger partial charge in [-0.05, 0) is 37.2 Å². The zero-order valence-corrected chi connectivity index (χ0v) is 13.9. The van der Waals surface area contributed by atoms with Gasteiger partial charge in [-0.15, -0.1) is 0 Å². The third-order valence-electron chi connectivity index (χ3n) is 5.26. The number of carbonyl (C=O) groups is 2. The summed E-state index contributed by atoms with van der Waals surface area (Å²) in [5, 5.41) is 9.26. The smallest absolute Gasteiger partial charge is 0.307 e. The van der Waals surface area contributed by atoms with Gasteiger partial charge in [0.15, 0.2) is 0 Å². The van der Waals surface area contributed by atoms with Crippen LogP contribution in [0.5, 0.6) is 0 Å². The minimum absolute atomic E-state index is 0.00370. The van der Waals surface area contributed by atoms with Crippen LogP contribution in [0.25, 0.3) is 0 Å². The molecule has 2 unspecified atom stereocenters. The maximum absolute atomic E-state index is 12.9. The molecule has 1 heterocycles. The van der Waals surface area contributed by atoms with E-state index in [1.807, 2.05) is 35.2 Å². The Hall–Kier alpha value is -1.88. The van der Waals surface area contributed by atoms with Crippen molar-refractivity contribution in [2.75, 3.05) is 19.8 Å². The maximum Gasteiger partial charge on any atom is 0.307 e. The Bertz CT molecular complexity index is 568. The lowest BCUT2D eigenvalue weighted by Gasteiger charge is -2.38. The average molecular weight is 331 g/mol. The second-order valence-corrected chi connectivity index (χ2v) is 6.89. The third-order valence-corrected chi connectivity index (χ3v) is 5.26. The number of rotatable bonds is 6. The van der Waals surface area contributed by atoms with E-state index in [2.05, 4.69) is 0 Å². The van der Waals surface area contributed by atoms with E-state index < -0.39 is 11.9 Å².